The molecule has 1 heteroatoms. The first kappa shape index (κ1) is 10.7. The number of aromatic amines is 1. The van der Waals surface area contributed by atoms with Crippen molar-refractivity contribution in [3.8, 4) is 12.3 Å². The lowest BCUT2D eigenvalue weighted by Crippen LogP contribution is -2.06. The van der Waals surface area contributed by atoms with Gasteiger partial charge in [0.25, 0.3) is 0 Å². The summed E-state index contributed by atoms with van der Waals surface area (Å²) in [6.07, 6.45) is 9.39. The van der Waals surface area contributed by atoms with Crippen LogP contribution in [0.15, 0.2) is 17.8 Å². The number of hydrogen-bond donors (Lipinski definition) is 1. The Morgan fingerprint density at radius 3 is 2.64 bits per heavy atom. The van der Waals surface area contributed by atoms with Crippen molar-refractivity contribution in [2.24, 2.45) is 5.41 Å². The van der Waals surface area contributed by atoms with Gasteiger partial charge in [0.2, 0.25) is 0 Å². The van der Waals surface area contributed by atoms with Gasteiger partial charge in [-0.1, -0.05) is 38.3 Å². The molecule has 0 aliphatic rings. The number of nitrogens with one attached hydrogen (secondary N) is 1. The van der Waals surface area contributed by atoms with Crippen molar-refractivity contribution in [1.82, 2.24) is 4.98 Å². The van der Waals surface area contributed by atoms with Crippen LogP contribution in [0.4, 0.5) is 0 Å². The van der Waals surface area contributed by atoms with Gasteiger partial charge in [0.05, 0.1) is 5.69 Å². The summed E-state index contributed by atoms with van der Waals surface area (Å²) in [6.45, 7) is 8.72. The second kappa shape index (κ2) is 3.75. The van der Waals surface area contributed by atoms with Gasteiger partial charge >= 0.3 is 0 Å². The van der Waals surface area contributed by atoms with Gasteiger partial charge in [0.15, 0.2) is 0 Å². The lowest BCUT2D eigenvalue weighted by Gasteiger charge is -2.19. The van der Waals surface area contributed by atoms with Gasteiger partial charge in [-0.2, -0.15) is 0 Å². The van der Waals surface area contributed by atoms with E-state index in [0.29, 0.717) is 0 Å². The van der Waals surface area contributed by atoms with Gasteiger partial charge in [-0.3, -0.25) is 0 Å². The Morgan fingerprint density at radius 2 is 2.14 bits per heavy atom. The molecular weight excluding hydrogens is 170 g/mol. The zero-order valence-electron chi connectivity index (χ0n) is 9.31. The smallest absolute Gasteiger partial charge is 0.0964 e. The van der Waals surface area contributed by atoms with E-state index < -0.39 is 0 Å². The van der Waals surface area contributed by atoms with Gasteiger partial charge in [0, 0.05) is 11.8 Å². The Hall–Kier alpha value is -1.42. The summed E-state index contributed by atoms with van der Waals surface area (Å²) in [5.74, 6) is 2.63. The van der Waals surface area contributed by atoms with Crippen LogP contribution in [0.3, 0.4) is 0 Å². The predicted molar refractivity (Wildman–Crippen MR) is 61.8 cm³/mol. The molecule has 0 saturated heterocycles. The van der Waals surface area contributed by atoms with Crippen LogP contribution < -0.4 is 0 Å². The van der Waals surface area contributed by atoms with E-state index in [1.54, 1.807) is 0 Å². The minimum absolute atomic E-state index is 0.198. The molecule has 0 saturated carbocycles. The molecule has 0 aliphatic heterocycles. The molecule has 1 aromatic heterocycles. The minimum Gasteiger partial charge on any atom is -0.354 e. The van der Waals surface area contributed by atoms with Crippen LogP contribution in [0.5, 0.6) is 0 Å². The minimum atomic E-state index is 0.198. The van der Waals surface area contributed by atoms with Crippen LogP contribution in [0, 0.1) is 17.8 Å². The summed E-state index contributed by atoms with van der Waals surface area (Å²) in [5.41, 5.74) is 3.48. The fourth-order valence-corrected chi connectivity index (χ4v) is 1.08. The number of H-pyrrole nitrogens is 1. The average molecular weight is 187 g/mol. The van der Waals surface area contributed by atoms with Crippen molar-refractivity contribution < 1.29 is 0 Å². The summed E-state index contributed by atoms with van der Waals surface area (Å²) in [4.78, 5) is 3.03. The van der Waals surface area contributed by atoms with Crippen LogP contribution in [-0.4, -0.2) is 4.98 Å². The zero-order valence-corrected chi connectivity index (χ0v) is 9.31. The highest BCUT2D eigenvalue weighted by Crippen LogP contribution is 2.26. The summed E-state index contributed by atoms with van der Waals surface area (Å²) in [7, 11) is 0. The first-order chi connectivity index (χ1) is 6.45. The van der Waals surface area contributed by atoms with E-state index in [-0.39, 0.29) is 5.41 Å². The van der Waals surface area contributed by atoms with E-state index in [1.807, 2.05) is 12.3 Å². The summed E-state index contributed by atoms with van der Waals surface area (Å²) < 4.78 is 0. The predicted octanol–water partition coefficient (Wildman–Crippen LogP) is 3.45. The standard InChI is InChI=1S/C13H17N/c1-6-12-11(7-8-14-12)9-10(2)13(3,4)5/h1,7-9,14H,2-5H3/b10-9+. The van der Waals surface area contributed by atoms with Crippen molar-refractivity contribution in [2.45, 2.75) is 27.7 Å². The number of allylic oxidation sites excluding steroid dienone is 1. The molecule has 0 amide bonds. The Balaban J connectivity index is 3.05. The molecule has 0 spiro atoms. The second-order valence-electron chi connectivity index (χ2n) is 4.53. The van der Waals surface area contributed by atoms with E-state index in [2.05, 4.69) is 44.7 Å². The van der Waals surface area contributed by atoms with Crippen LogP contribution in [-0.2, 0) is 0 Å². The molecule has 0 aliphatic carbocycles. The lowest BCUT2D eigenvalue weighted by molar-refractivity contribution is 0.508. The lowest BCUT2D eigenvalue weighted by atomic mass is 9.86. The molecule has 0 fully saturated rings. The molecule has 74 valence electrons. The summed E-state index contributed by atoms with van der Waals surface area (Å²) in [6, 6.07) is 2.00. The normalized spacial score (nSPS) is 12.6. The molecule has 1 aromatic rings. The fraction of sp³-hybridized carbons (Fsp3) is 0.385. The Labute approximate surface area is 86.2 Å². The fourth-order valence-electron chi connectivity index (χ4n) is 1.08. The van der Waals surface area contributed by atoms with E-state index >= 15 is 0 Å². The average Bonchev–Trinajstić information content (AvgIpc) is 2.50. The largest absolute Gasteiger partial charge is 0.354 e. The topological polar surface area (TPSA) is 15.8 Å². The highest BCUT2D eigenvalue weighted by Gasteiger charge is 2.12. The Morgan fingerprint density at radius 1 is 1.50 bits per heavy atom. The number of aromatic nitrogens is 1. The van der Waals surface area contributed by atoms with Gasteiger partial charge in [-0.25, -0.2) is 0 Å². The first-order valence-corrected chi connectivity index (χ1v) is 4.78. The Kier molecular flexibility index (Phi) is 2.86. The first-order valence-electron chi connectivity index (χ1n) is 4.78. The van der Waals surface area contributed by atoms with Crippen molar-refractivity contribution in [1.29, 1.82) is 0 Å². The van der Waals surface area contributed by atoms with Crippen LogP contribution in [0.25, 0.3) is 6.08 Å². The third-order valence-electron chi connectivity index (χ3n) is 2.48. The van der Waals surface area contributed by atoms with E-state index in [9.17, 15) is 0 Å². The number of terminal acetylenes is 1. The van der Waals surface area contributed by atoms with Crippen molar-refractivity contribution in [3.63, 3.8) is 0 Å². The number of hydrogen-bond acceptors (Lipinski definition) is 0. The maximum atomic E-state index is 5.37. The molecule has 0 radical (unpaired) electrons. The molecular formula is C13H17N. The molecule has 0 bridgehead atoms. The quantitative estimate of drug-likeness (QED) is 0.648. The maximum absolute atomic E-state index is 5.37. The Bertz CT molecular complexity index is 380. The molecule has 0 aromatic carbocycles. The van der Waals surface area contributed by atoms with Gasteiger partial charge in [0.1, 0.15) is 0 Å². The highest BCUT2D eigenvalue weighted by molar-refractivity contribution is 5.59. The zero-order chi connectivity index (χ0) is 10.8. The highest BCUT2D eigenvalue weighted by atomic mass is 14.7. The van der Waals surface area contributed by atoms with Crippen molar-refractivity contribution in [2.75, 3.05) is 0 Å². The number of rotatable bonds is 1. The molecule has 0 unspecified atom stereocenters. The molecule has 1 rings (SSSR count). The van der Waals surface area contributed by atoms with Gasteiger partial charge in [-0.05, 0) is 18.4 Å². The summed E-state index contributed by atoms with van der Waals surface area (Å²) >= 11 is 0. The van der Waals surface area contributed by atoms with E-state index in [4.69, 9.17) is 6.42 Å². The third-order valence-corrected chi connectivity index (χ3v) is 2.48. The van der Waals surface area contributed by atoms with Crippen molar-refractivity contribution in [3.05, 3.63) is 29.1 Å². The SMILES string of the molecule is C#Cc1[nH]ccc1/C=C(\C)C(C)(C)C. The van der Waals surface area contributed by atoms with Gasteiger partial charge in [-0.15, -0.1) is 6.42 Å². The molecule has 1 N–H and O–H groups in total. The summed E-state index contributed by atoms with van der Waals surface area (Å²) in [5, 5.41) is 0. The molecule has 0 atom stereocenters. The molecule has 14 heavy (non-hydrogen) atoms. The third kappa shape index (κ3) is 2.29. The van der Waals surface area contributed by atoms with E-state index in [1.165, 1.54) is 5.57 Å². The molecule has 1 nitrogen and oxygen atoms in total. The van der Waals surface area contributed by atoms with Gasteiger partial charge < -0.3 is 4.98 Å². The maximum Gasteiger partial charge on any atom is 0.0964 e. The second-order valence-corrected chi connectivity index (χ2v) is 4.53. The monoisotopic (exact) mass is 187 g/mol. The molecule has 1 heterocycles. The van der Waals surface area contributed by atoms with E-state index in [0.717, 1.165) is 11.3 Å². The van der Waals surface area contributed by atoms with Crippen LogP contribution >= 0.6 is 0 Å². The van der Waals surface area contributed by atoms with Crippen molar-refractivity contribution >= 4 is 6.08 Å². The van der Waals surface area contributed by atoms with Crippen LogP contribution in [0.1, 0.15) is 39.0 Å². The van der Waals surface area contributed by atoms with Crippen LogP contribution in [0.2, 0.25) is 0 Å².